The molecule has 0 spiro atoms. The van der Waals surface area contributed by atoms with Crippen LogP contribution in [0.25, 0.3) is 0 Å². The molecule has 0 rings (SSSR count). The van der Waals surface area contributed by atoms with Crippen LogP contribution < -0.4 is 0 Å². The Balaban J connectivity index is 5.12. The fourth-order valence-electron chi connectivity index (χ4n) is 10.8. The van der Waals surface area contributed by atoms with E-state index in [1.54, 1.807) is 0 Å². The maximum Gasteiger partial charge on any atom is 0.472 e. The van der Waals surface area contributed by atoms with Crippen molar-refractivity contribution in [3.8, 4) is 0 Å². The second kappa shape index (κ2) is 63.1. The van der Waals surface area contributed by atoms with Gasteiger partial charge in [0.2, 0.25) is 0 Å². The van der Waals surface area contributed by atoms with Crippen LogP contribution in [-0.2, 0) is 65.4 Å². The number of ether oxygens (including phenoxy) is 4. The zero-order chi connectivity index (χ0) is 66.5. The van der Waals surface area contributed by atoms with Gasteiger partial charge in [0.25, 0.3) is 0 Å². The standard InChI is InChI=1S/C71H138O17P2/c1-7-9-11-13-14-15-16-17-18-19-20-21-22-23-26-30-33-36-43-49-55-70(75)87-67(60-82-69(74)54-48-42-35-32-29-27-24-25-28-31-34-40-45-51-63(3)4)62-86-90(79,80)84-58-65(72)57-83-89(77,78)85-61-66(59-81-68(73)53-47-39-12-10-8-2)88-71(76)56-50-44-38-37-41-46-52-64(5)6/h63-67,72H,7-62H2,1-6H3,(H,77,78)(H,79,80)/t65-,66+,67+/m0/s1. The van der Waals surface area contributed by atoms with Crippen molar-refractivity contribution >= 4 is 39.5 Å². The van der Waals surface area contributed by atoms with Crippen molar-refractivity contribution in [1.82, 2.24) is 0 Å². The van der Waals surface area contributed by atoms with Crippen LogP contribution in [0.4, 0.5) is 0 Å². The van der Waals surface area contributed by atoms with Crippen molar-refractivity contribution < 1.29 is 80.2 Å². The first-order valence-corrected chi connectivity index (χ1v) is 40.0. The molecule has 0 aromatic rings. The lowest BCUT2D eigenvalue weighted by atomic mass is 10.0. The van der Waals surface area contributed by atoms with Gasteiger partial charge in [-0.1, -0.05) is 311 Å². The fourth-order valence-corrected chi connectivity index (χ4v) is 12.3. The van der Waals surface area contributed by atoms with Crippen molar-refractivity contribution in [3.05, 3.63) is 0 Å². The molecule has 19 heteroatoms. The second-order valence-corrected chi connectivity index (χ2v) is 29.5. The van der Waals surface area contributed by atoms with Gasteiger partial charge in [0, 0.05) is 25.7 Å². The summed E-state index contributed by atoms with van der Waals surface area (Å²) in [6.07, 6.45) is 49.3. The number of aliphatic hydroxyl groups is 1. The summed E-state index contributed by atoms with van der Waals surface area (Å²) in [5.41, 5.74) is 0. The molecule has 0 radical (unpaired) electrons. The zero-order valence-corrected chi connectivity index (χ0v) is 60.2. The van der Waals surface area contributed by atoms with E-state index < -0.39 is 97.5 Å². The number of hydrogen-bond donors (Lipinski definition) is 3. The number of carbonyl (C=O) groups is 4. The SMILES string of the molecule is CCCCCCCCCCCCCCCCCCCCCCC(=O)O[C@H](COC(=O)CCCCCCCCCCCCCCCC(C)C)COP(=O)(O)OC[C@@H](O)COP(=O)(O)OC[C@@H](COC(=O)CCCCCCC)OC(=O)CCCCCCCCC(C)C. The molecule has 0 saturated heterocycles. The number of hydrogen-bond acceptors (Lipinski definition) is 15. The van der Waals surface area contributed by atoms with Crippen LogP contribution in [-0.4, -0.2) is 96.7 Å². The molecule has 90 heavy (non-hydrogen) atoms. The number of phosphoric acid groups is 2. The molecular formula is C71H138O17P2. The molecule has 0 saturated carbocycles. The Bertz CT molecular complexity index is 1750. The van der Waals surface area contributed by atoms with Crippen molar-refractivity contribution in [1.29, 1.82) is 0 Å². The maximum absolute atomic E-state index is 13.0. The molecule has 0 aliphatic carbocycles. The molecule has 0 heterocycles. The molecule has 534 valence electrons. The van der Waals surface area contributed by atoms with E-state index in [-0.39, 0.29) is 25.7 Å². The lowest BCUT2D eigenvalue weighted by Crippen LogP contribution is -2.30. The Morgan fingerprint density at radius 1 is 0.300 bits per heavy atom. The first-order chi connectivity index (χ1) is 43.4. The lowest BCUT2D eigenvalue weighted by Gasteiger charge is -2.21. The average Bonchev–Trinajstić information content (AvgIpc) is 3.52. The van der Waals surface area contributed by atoms with Gasteiger partial charge in [-0.25, -0.2) is 9.13 Å². The van der Waals surface area contributed by atoms with Gasteiger partial charge in [-0.3, -0.25) is 37.3 Å². The Hall–Kier alpha value is -1.94. The van der Waals surface area contributed by atoms with Crippen LogP contribution in [0.1, 0.15) is 363 Å². The molecule has 0 bridgehead atoms. The maximum atomic E-state index is 13.0. The summed E-state index contributed by atoms with van der Waals surface area (Å²) in [5, 5.41) is 10.5. The van der Waals surface area contributed by atoms with Crippen molar-refractivity contribution in [3.63, 3.8) is 0 Å². The van der Waals surface area contributed by atoms with Gasteiger partial charge < -0.3 is 33.8 Å². The summed E-state index contributed by atoms with van der Waals surface area (Å²) in [6, 6.07) is 0. The van der Waals surface area contributed by atoms with E-state index >= 15 is 0 Å². The second-order valence-electron chi connectivity index (χ2n) is 26.6. The van der Waals surface area contributed by atoms with Gasteiger partial charge in [0.1, 0.15) is 19.3 Å². The fraction of sp³-hybridized carbons (Fsp3) is 0.944. The van der Waals surface area contributed by atoms with Crippen LogP contribution in [0.2, 0.25) is 0 Å². The van der Waals surface area contributed by atoms with Gasteiger partial charge in [0.05, 0.1) is 26.4 Å². The third-order valence-electron chi connectivity index (χ3n) is 16.5. The molecular weight excluding hydrogens is 1190 g/mol. The summed E-state index contributed by atoms with van der Waals surface area (Å²) < 4.78 is 68.0. The highest BCUT2D eigenvalue weighted by Crippen LogP contribution is 2.45. The number of esters is 4. The number of phosphoric ester groups is 2. The summed E-state index contributed by atoms with van der Waals surface area (Å²) in [6.45, 7) is 9.39. The monoisotopic (exact) mass is 1320 g/mol. The van der Waals surface area contributed by atoms with Crippen LogP contribution in [0, 0.1) is 11.8 Å². The van der Waals surface area contributed by atoms with Gasteiger partial charge in [-0.05, 0) is 37.5 Å². The minimum absolute atomic E-state index is 0.101. The predicted molar refractivity (Wildman–Crippen MR) is 363 cm³/mol. The summed E-state index contributed by atoms with van der Waals surface area (Å²) in [5.74, 6) is -0.678. The Morgan fingerprint density at radius 2 is 0.511 bits per heavy atom. The molecule has 0 aliphatic rings. The smallest absolute Gasteiger partial charge is 0.462 e. The van der Waals surface area contributed by atoms with E-state index in [0.717, 1.165) is 102 Å². The first kappa shape index (κ1) is 88.1. The molecule has 3 N–H and O–H groups in total. The molecule has 0 amide bonds. The van der Waals surface area contributed by atoms with Crippen LogP contribution in [0.5, 0.6) is 0 Å². The lowest BCUT2D eigenvalue weighted by molar-refractivity contribution is -0.161. The average molecular weight is 1330 g/mol. The van der Waals surface area contributed by atoms with Crippen molar-refractivity contribution in [2.24, 2.45) is 11.8 Å². The molecule has 0 aromatic carbocycles. The van der Waals surface area contributed by atoms with Gasteiger partial charge in [-0.15, -0.1) is 0 Å². The minimum Gasteiger partial charge on any atom is -0.462 e. The third kappa shape index (κ3) is 64.8. The van der Waals surface area contributed by atoms with Crippen LogP contribution in [0.15, 0.2) is 0 Å². The van der Waals surface area contributed by atoms with E-state index in [1.807, 2.05) is 0 Å². The Morgan fingerprint density at radius 3 is 0.756 bits per heavy atom. The highest BCUT2D eigenvalue weighted by atomic mass is 31.2. The predicted octanol–water partition coefficient (Wildman–Crippen LogP) is 20.4. The summed E-state index contributed by atoms with van der Waals surface area (Å²) in [4.78, 5) is 72.2. The Kier molecular flexibility index (Phi) is 61.8. The van der Waals surface area contributed by atoms with E-state index in [1.165, 1.54) is 173 Å². The topological polar surface area (TPSA) is 237 Å². The number of rotatable bonds is 70. The largest absolute Gasteiger partial charge is 0.472 e. The quantitative estimate of drug-likeness (QED) is 0.0222. The third-order valence-corrected chi connectivity index (χ3v) is 18.4. The van der Waals surface area contributed by atoms with Crippen LogP contribution in [0.3, 0.4) is 0 Å². The number of carbonyl (C=O) groups excluding carboxylic acids is 4. The molecule has 0 aliphatic heterocycles. The van der Waals surface area contributed by atoms with Crippen molar-refractivity contribution in [2.75, 3.05) is 39.6 Å². The normalized spacial score (nSPS) is 14.1. The highest BCUT2D eigenvalue weighted by Gasteiger charge is 2.30. The molecule has 0 aromatic heterocycles. The van der Waals surface area contributed by atoms with Gasteiger partial charge in [0.15, 0.2) is 12.2 Å². The number of aliphatic hydroxyl groups excluding tert-OH is 1. The molecule has 5 atom stereocenters. The van der Waals surface area contributed by atoms with Gasteiger partial charge in [-0.2, -0.15) is 0 Å². The zero-order valence-electron chi connectivity index (χ0n) is 58.4. The van der Waals surface area contributed by atoms with Crippen molar-refractivity contribution in [2.45, 2.75) is 381 Å². The van der Waals surface area contributed by atoms with E-state index in [0.29, 0.717) is 31.6 Å². The first-order valence-electron chi connectivity index (χ1n) is 37.0. The number of unbranched alkanes of at least 4 members (excludes halogenated alkanes) is 40. The molecule has 17 nitrogen and oxygen atoms in total. The highest BCUT2D eigenvalue weighted by molar-refractivity contribution is 7.47. The molecule has 2 unspecified atom stereocenters. The summed E-state index contributed by atoms with van der Waals surface area (Å²) >= 11 is 0. The van der Waals surface area contributed by atoms with E-state index in [2.05, 4.69) is 41.5 Å². The minimum atomic E-state index is -4.95. The van der Waals surface area contributed by atoms with Gasteiger partial charge >= 0.3 is 39.5 Å². The Labute approximate surface area is 549 Å². The summed E-state index contributed by atoms with van der Waals surface area (Å²) in [7, 11) is -9.89. The molecule has 0 fully saturated rings. The van der Waals surface area contributed by atoms with E-state index in [9.17, 15) is 43.2 Å². The van der Waals surface area contributed by atoms with E-state index in [4.69, 9.17) is 37.0 Å². The van der Waals surface area contributed by atoms with Crippen LogP contribution >= 0.6 is 15.6 Å².